The smallest absolute Gasteiger partial charge is 0.139 e. The first-order valence-corrected chi connectivity index (χ1v) is 8.63. The molecule has 3 rings (SSSR count). The molecule has 2 aromatic rings. The number of hydrogen-bond donors (Lipinski definition) is 0. The van der Waals surface area contributed by atoms with Gasteiger partial charge in [-0.2, -0.15) is 0 Å². The van der Waals surface area contributed by atoms with Crippen LogP contribution in [-0.4, -0.2) is 18.1 Å². The Hall–Kier alpha value is -2.88. The molecular formula is C22H21F2NO. The lowest BCUT2D eigenvalue weighted by Gasteiger charge is -2.32. The quantitative estimate of drug-likeness (QED) is 0.690. The van der Waals surface area contributed by atoms with E-state index in [1.165, 1.54) is 12.1 Å². The lowest BCUT2D eigenvalue weighted by molar-refractivity contribution is 0.335. The molecule has 0 spiro atoms. The molecule has 0 N–H and O–H groups in total. The minimum Gasteiger partial charge on any atom is -0.494 e. The zero-order valence-electron chi connectivity index (χ0n) is 14.9. The zero-order valence-corrected chi connectivity index (χ0v) is 14.9. The van der Waals surface area contributed by atoms with E-state index in [1.807, 2.05) is 54.3 Å². The number of halogens is 2. The van der Waals surface area contributed by atoms with Gasteiger partial charge in [-0.1, -0.05) is 43.0 Å². The number of ether oxygens (including phenoxy) is 1. The van der Waals surface area contributed by atoms with Gasteiger partial charge in [-0.15, -0.1) is 0 Å². The van der Waals surface area contributed by atoms with Crippen LogP contribution in [0.25, 0.3) is 11.3 Å². The topological polar surface area (TPSA) is 12.5 Å². The third-order valence-corrected chi connectivity index (χ3v) is 4.28. The van der Waals surface area contributed by atoms with Gasteiger partial charge in [0.15, 0.2) is 0 Å². The molecule has 0 amide bonds. The summed E-state index contributed by atoms with van der Waals surface area (Å²) in [4.78, 5) is 1.82. The van der Waals surface area contributed by atoms with E-state index in [0.717, 1.165) is 11.1 Å². The van der Waals surface area contributed by atoms with Crippen molar-refractivity contribution in [2.45, 2.75) is 13.8 Å². The van der Waals surface area contributed by atoms with Crippen molar-refractivity contribution in [3.05, 3.63) is 89.7 Å². The van der Waals surface area contributed by atoms with Crippen molar-refractivity contribution < 1.29 is 13.5 Å². The van der Waals surface area contributed by atoms with Crippen LogP contribution in [0.2, 0.25) is 0 Å². The minimum absolute atomic E-state index is 0.0698. The molecule has 0 bridgehead atoms. The molecule has 1 aliphatic heterocycles. The van der Waals surface area contributed by atoms with Gasteiger partial charge in [0, 0.05) is 29.9 Å². The van der Waals surface area contributed by atoms with Crippen LogP contribution in [0.4, 0.5) is 8.78 Å². The number of nitrogens with zero attached hydrogens (tertiary/aromatic N) is 1. The number of hydrogen-bond acceptors (Lipinski definition) is 2. The zero-order chi connectivity index (χ0) is 18.7. The van der Waals surface area contributed by atoms with Crippen molar-refractivity contribution in [2.24, 2.45) is 0 Å². The van der Waals surface area contributed by atoms with Gasteiger partial charge in [0.05, 0.1) is 17.9 Å². The molecule has 0 unspecified atom stereocenters. The minimum atomic E-state index is -0.654. The Morgan fingerprint density at radius 3 is 2.23 bits per heavy atom. The van der Waals surface area contributed by atoms with Crippen LogP contribution >= 0.6 is 0 Å². The maximum Gasteiger partial charge on any atom is 0.139 e. The second-order valence-corrected chi connectivity index (χ2v) is 5.89. The first-order chi connectivity index (χ1) is 12.6. The predicted octanol–water partition coefficient (Wildman–Crippen LogP) is 5.64. The van der Waals surface area contributed by atoms with Crippen molar-refractivity contribution in [3.8, 4) is 5.75 Å². The van der Waals surface area contributed by atoms with E-state index in [1.54, 1.807) is 6.92 Å². The van der Waals surface area contributed by atoms with E-state index in [0.29, 0.717) is 24.5 Å². The van der Waals surface area contributed by atoms with Crippen LogP contribution in [0.1, 0.15) is 25.0 Å². The summed E-state index contributed by atoms with van der Waals surface area (Å²) in [6.07, 6.45) is 3.72. The van der Waals surface area contributed by atoms with Crippen LogP contribution in [0.15, 0.2) is 66.9 Å². The van der Waals surface area contributed by atoms with Gasteiger partial charge in [-0.3, -0.25) is 0 Å². The van der Waals surface area contributed by atoms with Gasteiger partial charge in [-0.25, -0.2) is 8.78 Å². The molecule has 0 saturated carbocycles. The van der Waals surface area contributed by atoms with E-state index in [2.05, 4.69) is 6.58 Å². The number of allylic oxidation sites excluding steroid dienone is 3. The molecule has 0 atom stereocenters. The fourth-order valence-electron chi connectivity index (χ4n) is 3.15. The predicted molar refractivity (Wildman–Crippen MR) is 101 cm³/mol. The van der Waals surface area contributed by atoms with Gasteiger partial charge in [0.2, 0.25) is 0 Å². The van der Waals surface area contributed by atoms with Gasteiger partial charge in [0.1, 0.15) is 17.4 Å². The third-order valence-electron chi connectivity index (χ3n) is 4.28. The second kappa shape index (κ2) is 7.56. The molecular weight excluding hydrogens is 332 g/mol. The fraction of sp³-hybridized carbons (Fsp3) is 0.182. The molecule has 26 heavy (non-hydrogen) atoms. The number of benzene rings is 2. The van der Waals surface area contributed by atoms with Crippen LogP contribution in [0.3, 0.4) is 0 Å². The molecule has 0 radical (unpaired) electrons. The second-order valence-electron chi connectivity index (χ2n) is 5.89. The normalized spacial score (nSPS) is 14.2. The summed E-state index contributed by atoms with van der Waals surface area (Å²) in [7, 11) is 0. The molecule has 2 aromatic carbocycles. The third kappa shape index (κ3) is 3.27. The molecule has 1 aliphatic rings. The first kappa shape index (κ1) is 17.9. The fourth-order valence-corrected chi connectivity index (χ4v) is 3.15. The highest BCUT2D eigenvalue weighted by Crippen LogP contribution is 2.39. The molecule has 0 aromatic heterocycles. The summed E-state index contributed by atoms with van der Waals surface area (Å²) in [5, 5.41) is 0. The van der Waals surface area contributed by atoms with Gasteiger partial charge in [-0.05, 0) is 25.5 Å². The SMILES string of the molecule is C=C1C=CC(c2ccccc2)=C(c2c(F)cc(OCC)cc2F)N1CC. The van der Waals surface area contributed by atoms with Crippen molar-refractivity contribution in [2.75, 3.05) is 13.2 Å². The largest absolute Gasteiger partial charge is 0.494 e. The highest BCUT2D eigenvalue weighted by Gasteiger charge is 2.26. The monoisotopic (exact) mass is 353 g/mol. The Labute approximate surface area is 152 Å². The van der Waals surface area contributed by atoms with Gasteiger partial charge >= 0.3 is 0 Å². The van der Waals surface area contributed by atoms with Crippen molar-refractivity contribution in [1.82, 2.24) is 4.90 Å². The van der Waals surface area contributed by atoms with Gasteiger partial charge < -0.3 is 9.64 Å². The summed E-state index contributed by atoms with van der Waals surface area (Å²) >= 11 is 0. The van der Waals surface area contributed by atoms with E-state index in [4.69, 9.17) is 4.74 Å². The van der Waals surface area contributed by atoms with Crippen LogP contribution in [0.5, 0.6) is 5.75 Å². The molecule has 2 nitrogen and oxygen atoms in total. The molecule has 0 aliphatic carbocycles. The lowest BCUT2D eigenvalue weighted by Crippen LogP contribution is -2.24. The summed E-state index contributed by atoms with van der Waals surface area (Å²) in [6, 6.07) is 12.0. The Kier molecular flexibility index (Phi) is 5.21. The Bertz CT molecular complexity index is 861. The summed E-state index contributed by atoms with van der Waals surface area (Å²) in [5.41, 5.74) is 2.73. The van der Waals surface area contributed by atoms with Crippen LogP contribution in [0, 0.1) is 11.6 Å². The molecule has 134 valence electrons. The van der Waals surface area contributed by atoms with E-state index >= 15 is 0 Å². The maximum atomic E-state index is 14.9. The molecule has 0 saturated heterocycles. The molecule has 0 fully saturated rings. The van der Waals surface area contributed by atoms with Crippen molar-refractivity contribution in [1.29, 1.82) is 0 Å². The maximum absolute atomic E-state index is 14.9. The van der Waals surface area contributed by atoms with E-state index in [9.17, 15) is 8.78 Å². The van der Waals surface area contributed by atoms with Gasteiger partial charge in [0.25, 0.3) is 0 Å². The van der Waals surface area contributed by atoms with Crippen molar-refractivity contribution in [3.63, 3.8) is 0 Å². The van der Waals surface area contributed by atoms with Crippen LogP contribution < -0.4 is 4.74 Å². The van der Waals surface area contributed by atoms with Crippen molar-refractivity contribution >= 4 is 11.3 Å². The summed E-state index contributed by atoms with van der Waals surface area (Å²) < 4.78 is 35.1. The lowest BCUT2D eigenvalue weighted by atomic mass is 9.94. The number of rotatable bonds is 5. The average Bonchev–Trinajstić information content (AvgIpc) is 2.62. The highest BCUT2D eigenvalue weighted by molar-refractivity contribution is 5.97. The van der Waals surface area contributed by atoms with E-state index in [-0.39, 0.29) is 11.3 Å². The first-order valence-electron chi connectivity index (χ1n) is 8.63. The Morgan fingerprint density at radius 2 is 1.65 bits per heavy atom. The highest BCUT2D eigenvalue weighted by atomic mass is 19.1. The Morgan fingerprint density at radius 1 is 1.00 bits per heavy atom. The Balaban J connectivity index is 2.27. The average molecular weight is 353 g/mol. The van der Waals surface area contributed by atoms with E-state index < -0.39 is 11.6 Å². The van der Waals surface area contributed by atoms with Crippen LogP contribution in [-0.2, 0) is 0 Å². The molecule has 1 heterocycles. The standard InChI is InChI=1S/C22H21F2NO/c1-4-25-15(3)11-12-18(16-9-7-6-8-10-16)22(25)21-19(23)13-17(26-5-2)14-20(21)24/h6-14H,3-5H2,1-2H3. The summed E-state index contributed by atoms with van der Waals surface area (Å²) in [6.45, 7) is 8.60. The number of likely N-dealkylation sites (N-methyl/N-ethyl adjacent to an activating group) is 1. The summed E-state index contributed by atoms with van der Waals surface area (Å²) in [5.74, 6) is -1.13. The molecule has 4 heteroatoms.